The summed E-state index contributed by atoms with van der Waals surface area (Å²) in [5, 5.41) is 9.93. The van der Waals surface area contributed by atoms with E-state index >= 15 is 0 Å². The average molecular weight is 262 g/mol. The number of amides is 1. The predicted molar refractivity (Wildman–Crippen MR) is 65.1 cm³/mol. The lowest BCUT2D eigenvalue weighted by molar-refractivity contribution is 0.0703. The van der Waals surface area contributed by atoms with Gasteiger partial charge in [0.1, 0.15) is 0 Å². The van der Waals surface area contributed by atoms with E-state index in [-0.39, 0.29) is 12.5 Å². The van der Waals surface area contributed by atoms with E-state index in [1.54, 1.807) is 26.1 Å². The third-order valence-electron chi connectivity index (χ3n) is 2.05. The second kappa shape index (κ2) is 5.53. The lowest BCUT2D eigenvalue weighted by Crippen LogP contribution is -2.33. The molecular formula is C11H13Cl2NO2. The van der Waals surface area contributed by atoms with Gasteiger partial charge < -0.3 is 10.0 Å². The maximum Gasteiger partial charge on any atom is 0.253 e. The second-order valence-electron chi connectivity index (χ2n) is 3.66. The largest absolute Gasteiger partial charge is 0.392 e. The summed E-state index contributed by atoms with van der Waals surface area (Å²) in [6.45, 7) is 1.90. The third-order valence-corrected chi connectivity index (χ3v) is 2.79. The Morgan fingerprint density at radius 1 is 1.44 bits per heavy atom. The molecule has 0 aromatic heterocycles. The zero-order chi connectivity index (χ0) is 12.3. The summed E-state index contributed by atoms with van der Waals surface area (Å²) in [4.78, 5) is 13.3. The van der Waals surface area contributed by atoms with Crippen LogP contribution in [0.25, 0.3) is 0 Å². The van der Waals surface area contributed by atoms with Crippen LogP contribution in [-0.2, 0) is 0 Å². The fraction of sp³-hybridized carbons (Fsp3) is 0.364. The van der Waals surface area contributed by atoms with E-state index in [0.29, 0.717) is 15.6 Å². The number of likely N-dealkylation sites (N-methyl/N-ethyl adjacent to an activating group) is 1. The van der Waals surface area contributed by atoms with E-state index in [1.807, 2.05) is 0 Å². The first-order chi connectivity index (χ1) is 7.41. The van der Waals surface area contributed by atoms with Gasteiger partial charge >= 0.3 is 0 Å². The molecule has 0 aliphatic heterocycles. The summed E-state index contributed by atoms with van der Waals surface area (Å²) in [5.41, 5.74) is 0.456. The third kappa shape index (κ3) is 3.37. The molecule has 1 aromatic carbocycles. The van der Waals surface area contributed by atoms with Crippen LogP contribution in [0, 0.1) is 0 Å². The highest BCUT2D eigenvalue weighted by Gasteiger charge is 2.14. The highest BCUT2D eigenvalue weighted by molar-refractivity contribution is 6.42. The quantitative estimate of drug-likeness (QED) is 0.908. The SMILES string of the molecule is CC(O)CN(C)C(=O)c1ccc(Cl)c(Cl)c1. The Morgan fingerprint density at radius 2 is 2.06 bits per heavy atom. The van der Waals surface area contributed by atoms with Gasteiger partial charge in [-0.25, -0.2) is 0 Å². The van der Waals surface area contributed by atoms with Crippen molar-refractivity contribution in [1.29, 1.82) is 0 Å². The average Bonchev–Trinajstić information content (AvgIpc) is 2.20. The Hall–Kier alpha value is -0.770. The van der Waals surface area contributed by atoms with E-state index in [2.05, 4.69) is 0 Å². The molecule has 1 N–H and O–H groups in total. The smallest absolute Gasteiger partial charge is 0.253 e. The van der Waals surface area contributed by atoms with Crippen molar-refractivity contribution in [3.8, 4) is 0 Å². The van der Waals surface area contributed by atoms with Crippen molar-refractivity contribution in [2.45, 2.75) is 13.0 Å². The normalized spacial score (nSPS) is 12.3. The van der Waals surface area contributed by atoms with Crippen LogP contribution in [0.15, 0.2) is 18.2 Å². The van der Waals surface area contributed by atoms with Crippen LogP contribution in [0.2, 0.25) is 10.0 Å². The molecule has 0 aliphatic rings. The number of carbonyl (C=O) groups excluding carboxylic acids is 1. The van der Waals surface area contributed by atoms with E-state index in [0.717, 1.165) is 0 Å². The van der Waals surface area contributed by atoms with Gasteiger partial charge in [-0.1, -0.05) is 23.2 Å². The van der Waals surface area contributed by atoms with Crippen LogP contribution in [0.5, 0.6) is 0 Å². The Balaban J connectivity index is 2.84. The maximum absolute atomic E-state index is 11.9. The predicted octanol–water partition coefficient (Wildman–Crippen LogP) is 2.45. The van der Waals surface area contributed by atoms with Gasteiger partial charge in [0.15, 0.2) is 0 Å². The molecule has 0 radical (unpaired) electrons. The fourth-order valence-electron chi connectivity index (χ4n) is 1.33. The minimum atomic E-state index is -0.559. The maximum atomic E-state index is 11.9. The lowest BCUT2D eigenvalue weighted by atomic mass is 10.2. The topological polar surface area (TPSA) is 40.5 Å². The lowest BCUT2D eigenvalue weighted by Gasteiger charge is -2.18. The van der Waals surface area contributed by atoms with Crippen LogP contribution < -0.4 is 0 Å². The summed E-state index contributed by atoms with van der Waals surface area (Å²) >= 11 is 11.6. The minimum absolute atomic E-state index is 0.195. The van der Waals surface area contributed by atoms with Gasteiger partial charge in [-0.2, -0.15) is 0 Å². The van der Waals surface area contributed by atoms with E-state index in [4.69, 9.17) is 23.2 Å². The molecule has 0 heterocycles. The molecule has 1 amide bonds. The summed E-state index contributed by atoms with van der Waals surface area (Å²) < 4.78 is 0. The van der Waals surface area contributed by atoms with Gasteiger partial charge in [-0.3, -0.25) is 4.79 Å². The van der Waals surface area contributed by atoms with Crippen molar-refractivity contribution in [3.05, 3.63) is 33.8 Å². The van der Waals surface area contributed by atoms with Crippen LogP contribution in [0.1, 0.15) is 17.3 Å². The van der Waals surface area contributed by atoms with E-state index in [1.165, 1.54) is 11.0 Å². The molecule has 0 saturated carbocycles. The Kier molecular flexibility index (Phi) is 4.59. The van der Waals surface area contributed by atoms with Crippen LogP contribution >= 0.6 is 23.2 Å². The van der Waals surface area contributed by atoms with Crippen molar-refractivity contribution in [2.24, 2.45) is 0 Å². The molecule has 0 bridgehead atoms. The minimum Gasteiger partial charge on any atom is -0.392 e. The summed E-state index contributed by atoms with van der Waals surface area (Å²) in [6, 6.07) is 4.70. The Labute approximate surface area is 105 Å². The van der Waals surface area contributed by atoms with Crippen LogP contribution in [-0.4, -0.2) is 35.6 Å². The molecule has 88 valence electrons. The van der Waals surface area contributed by atoms with Crippen molar-refractivity contribution >= 4 is 29.1 Å². The Bertz CT molecular complexity index is 394. The molecule has 0 spiro atoms. The van der Waals surface area contributed by atoms with Crippen molar-refractivity contribution in [1.82, 2.24) is 4.90 Å². The van der Waals surface area contributed by atoms with Crippen molar-refractivity contribution in [2.75, 3.05) is 13.6 Å². The highest BCUT2D eigenvalue weighted by Crippen LogP contribution is 2.23. The second-order valence-corrected chi connectivity index (χ2v) is 4.48. The monoisotopic (exact) mass is 261 g/mol. The van der Waals surface area contributed by atoms with E-state index in [9.17, 15) is 9.90 Å². The molecular weight excluding hydrogens is 249 g/mol. The highest BCUT2D eigenvalue weighted by atomic mass is 35.5. The summed E-state index contributed by atoms with van der Waals surface area (Å²) in [6.07, 6.45) is -0.559. The van der Waals surface area contributed by atoms with Crippen molar-refractivity contribution < 1.29 is 9.90 Å². The number of halogens is 2. The summed E-state index contributed by atoms with van der Waals surface area (Å²) in [7, 11) is 1.62. The van der Waals surface area contributed by atoms with Gasteiger partial charge in [-0.05, 0) is 25.1 Å². The molecule has 3 nitrogen and oxygen atoms in total. The molecule has 5 heteroatoms. The van der Waals surface area contributed by atoms with E-state index < -0.39 is 6.10 Å². The number of aliphatic hydroxyl groups is 1. The molecule has 0 saturated heterocycles. The zero-order valence-electron chi connectivity index (χ0n) is 9.08. The van der Waals surface area contributed by atoms with Gasteiger partial charge in [0.2, 0.25) is 0 Å². The standard InChI is InChI=1S/C11H13Cl2NO2/c1-7(15)6-14(2)11(16)8-3-4-9(12)10(13)5-8/h3-5,7,15H,6H2,1-2H3. The number of aliphatic hydroxyl groups excluding tert-OH is 1. The van der Waals surface area contributed by atoms with Gasteiger partial charge in [-0.15, -0.1) is 0 Å². The van der Waals surface area contributed by atoms with Gasteiger partial charge in [0.05, 0.1) is 16.1 Å². The van der Waals surface area contributed by atoms with Crippen LogP contribution in [0.4, 0.5) is 0 Å². The van der Waals surface area contributed by atoms with Gasteiger partial charge in [0.25, 0.3) is 5.91 Å². The molecule has 1 rings (SSSR count). The molecule has 16 heavy (non-hydrogen) atoms. The molecule has 0 aliphatic carbocycles. The van der Waals surface area contributed by atoms with Crippen molar-refractivity contribution in [3.63, 3.8) is 0 Å². The number of nitrogens with zero attached hydrogens (tertiary/aromatic N) is 1. The molecule has 1 aromatic rings. The number of hydrogen-bond donors (Lipinski definition) is 1. The number of hydrogen-bond acceptors (Lipinski definition) is 2. The van der Waals surface area contributed by atoms with Crippen LogP contribution in [0.3, 0.4) is 0 Å². The molecule has 1 unspecified atom stereocenters. The number of benzene rings is 1. The molecule has 1 atom stereocenters. The fourth-order valence-corrected chi connectivity index (χ4v) is 1.63. The number of rotatable bonds is 3. The number of carbonyl (C=O) groups is 1. The zero-order valence-corrected chi connectivity index (χ0v) is 10.6. The summed E-state index contributed by atoms with van der Waals surface area (Å²) in [5.74, 6) is -0.195. The first-order valence-corrected chi connectivity index (χ1v) is 5.56. The first-order valence-electron chi connectivity index (χ1n) is 4.80. The Morgan fingerprint density at radius 3 is 2.56 bits per heavy atom. The van der Waals surface area contributed by atoms with Gasteiger partial charge in [0, 0.05) is 19.2 Å². The molecule has 0 fully saturated rings. The first kappa shape index (κ1) is 13.3.